The fourth-order valence-electron chi connectivity index (χ4n) is 3.20. The molecule has 0 spiro atoms. The Morgan fingerprint density at radius 3 is 2.39 bits per heavy atom. The summed E-state index contributed by atoms with van der Waals surface area (Å²) in [6.07, 6.45) is 3.95. The molecule has 4 nitrogen and oxygen atoms in total. The van der Waals surface area contributed by atoms with Crippen LogP contribution in [0.3, 0.4) is 0 Å². The van der Waals surface area contributed by atoms with Crippen molar-refractivity contribution in [3.05, 3.63) is 0 Å². The van der Waals surface area contributed by atoms with Crippen LogP contribution in [0.1, 0.15) is 39.5 Å². The summed E-state index contributed by atoms with van der Waals surface area (Å²) < 4.78 is 23.0. The molecule has 18 heavy (non-hydrogen) atoms. The van der Waals surface area contributed by atoms with Gasteiger partial charge in [0.2, 0.25) is 0 Å². The predicted octanol–water partition coefficient (Wildman–Crippen LogP) is 1.03. The maximum atomic E-state index is 11.5. The Hall–Kier alpha value is -0.130. The Balaban J connectivity index is 2.00. The van der Waals surface area contributed by atoms with Crippen LogP contribution in [0, 0.1) is 0 Å². The van der Waals surface area contributed by atoms with Gasteiger partial charge in [0.1, 0.15) is 9.84 Å². The van der Waals surface area contributed by atoms with Gasteiger partial charge >= 0.3 is 0 Å². The monoisotopic (exact) mass is 274 g/mol. The van der Waals surface area contributed by atoms with Crippen LogP contribution >= 0.6 is 0 Å². The van der Waals surface area contributed by atoms with Crippen LogP contribution < -0.4 is 5.32 Å². The zero-order valence-corrected chi connectivity index (χ0v) is 12.4. The molecule has 2 rings (SSSR count). The molecule has 5 heteroatoms. The van der Waals surface area contributed by atoms with Gasteiger partial charge in [0.15, 0.2) is 0 Å². The van der Waals surface area contributed by atoms with E-state index in [0.29, 0.717) is 29.6 Å². The van der Waals surface area contributed by atoms with Gasteiger partial charge in [-0.05, 0) is 25.7 Å². The van der Waals surface area contributed by atoms with E-state index in [9.17, 15) is 8.42 Å². The Kier molecular flexibility index (Phi) is 4.67. The summed E-state index contributed by atoms with van der Waals surface area (Å²) in [5.74, 6) is 0.768. The molecule has 106 valence electrons. The first kappa shape index (κ1) is 14.3. The van der Waals surface area contributed by atoms with Crippen LogP contribution in [0.2, 0.25) is 0 Å². The highest BCUT2D eigenvalue weighted by Gasteiger charge is 2.34. The highest BCUT2D eigenvalue weighted by Crippen LogP contribution is 2.23. The third kappa shape index (κ3) is 3.25. The van der Waals surface area contributed by atoms with E-state index in [2.05, 4.69) is 24.1 Å². The number of hydrogen-bond donors (Lipinski definition) is 1. The van der Waals surface area contributed by atoms with Crippen molar-refractivity contribution in [2.24, 2.45) is 0 Å². The van der Waals surface area contributed by atoms with E-state index >= 15 is 0 Å². The van der Waals surface area contributed by atoms with E-state index in [1.807, 2.05) is 0 Å². The van der Waals surface area contributed by atoms with Crippen LogP contribution in [-0.2, 0) is 9.84 Å². The quantitative estimate of drug-likeness (QED) is 0.835. The second kappa shape index (κ2) is 5.88. The second-order valence-electron chi connectivity index (χ2n) is 5.66. The van der Waals surface area contributed by atoms with Crippen LogP contribution in [-0.4, -0.2) is 56.0 Å². The Labute approximate surface area is 111 Å². The average molecular weight is 274 g/mol. The van der Waals surface area contributed by atoms with Gasteiger partial charge in [-0.1, -0.05) is 13.8 Å². The lowest BCUT2D eigenvalue weighted by molar-refractivity contribution is 0.0722. The topological polar surface area (TPSA) is 49.4 Å². The van der Waals surface area contributed by atoms with Gasteiger partial charge in [-0.2, -0.15) is 0 Å². The summed E-state index contributed by atoms with van der Waals surface area (Å²) in [5, 5.41) is 3.60. The molecule has 0 aliphatic carbocycles. The lowest BCUT2D eigenvalue weighted by Crippen LogP contribution is -2.60. The van der Waals surface area contributed by atoms with Gasteiger partial charge < -0.3 is 5.32 Å². The Bertz CT molecular complexity index is 355. The number of nitrogens with one attached hydrogen (secondary N) is 1. The minimum Gasteiger partial charge on any atom is -0.311 e. The Morgan fingerprint density at radius 2 is 1.83 bits per heavy atom. The standard InChI is InChI=1S/C13H26N2O2S/c1-3-11-10-15(12(4-2)9-14-11)13-5-7-18(16,17)8-6-13/h11-14H,3-10H2,1-2H3. The highest BCUT2D eigenvalue weighted by atomic mass is 32.2. The molecule has 0 saturated carbocycles. The molecule has 2 saturated heterocycles. The number of piperazine rings is 1. The smallest absolute Gasteiger partial charge is 0.150 e. The van der Waals surface area contributed by atoms with Gasteiger partial charge in [-0.25, -0.2) is 8.42 Å². The SMILES string of the molecule is CCC1CN(C2CCS(=O)(=O)CC2)C(CC)CN1. The molecule has 2 heterocycles. The van der Waals surface area contributed by atoms with Gasteiger partial charge in [0.25, 0.3) is 0 Å². The summed E-state index contributed by atoms with van der Waals surface area (Å²) in [4.78, 5) is 2.58. The molecule has 0 radical (unpaired) electrons. The molecular weight excluding hydrogens is 248 g/mol. The predicted molar refractivity (Wildman–Crippen MR) is 74.5 cm³/mol. The van der Waals surface area contributed by atoms with Gasteiger partial charge in [-0.3, -0.25) is 4.90 Å². The Morgan fingerprint density at radius 1 is 1.17 bits per heavy atom. The number of nitrogens with zero attached hydrogens (tertiary/aromatic N) is 1. The van der Waals surface area contributed by atoms with E-state index in [4.69, 9.17) is 0 Å². The normalized spacial score (nSPS) is 34.6. The van der Waals surface area contributed by atoms with Crippen molar-refractivity contribution in [1.29, 1.82) is 0 Å². The second-order valence-corrected chi connectivity index (χ2v) is 7.96. The first-order valence-corrected chi connectivity index (χ1v) is 9.07. The average Bonchev–Trinajstić information content (AvgIpc) is 2.38. The number of rotatable bonds is 3. The molecule has 0 aromatic carbocycles. The van der Waals surface area contributed by atoms with Crippen molar-refractivity contribution < 1.29 is 8.42 Å². The highest BCUT2D eigenvalue weighted by molar-refractivity contribution is 7.91. The van der Waals surface area contributed by atoms with E-state index < -0.39 is 9.84 Å². The molecule has 2 fully saturated rings. The van der Waals surface area contributed by atoms with E-state index in [1.165, 1.54) is 0 Å². The van der Waals surface area contributed by atoms with Crippen molar-refractivity contribution in [2.75, 3.05) is 24.6 Å². The van der Waals surface area contributed by atoms with Crippen molar-refractivity contribution in [3.8, 4) is 0 Å². The fraction of sp³-hybridized carbons (Fsp3) is 1.00. The third-order valence-corrected chi connectivity index (χ3v) is 6.22. The molecule has 1 N–H and O–H groups in total. The summed E-state index contributed by atoms with van der Waals surface area (Å²) in [5.41, 5.74) is 0. The van der Waals surface area contributed by atoms with Crippen LogP contribution in [0.25, 0.3) is 0 Å². The van der Waals surface area contributed by atoms with Crippen LogP contribution in [0.5, 0.6) is 0 Å². The number of sulfone groups is 1. The van der Waals surface area contributed by atoms with Crippen molar-refractivity contribution in [1.82, 2.24) is 10.2 Å². The lowest BCUT2D eigenvalue weighted by Gasteiger charge is -2.45. The zero-order chi connectivity index (χ0) is 13.2. The molecule has 0 aromatic heterocycles. The minimum atomic E-state index is -2.74. The van der Waals surface area contributed by atoms with Crippen LogP contribution in [0.15, 0.2) is 0 Å². The largest absolute Gasteiger partial charge is 0.311 e. The van der Waals surface area contributed by atoms with E-state index in [1.54, 1.807) is 0 Å². The third-order valence-electron chi connectivity index (χ3n) is 4.50. The summed E-state index contributed by atoms with van der Waals surface area (Å²) in [7, 11) is -2.74. The van der Waals surface area contributed by atoms with Crippen molar-refractivity contribution in [2.45, 2.75) is 57.7 Å². The zero-order valence-electron chi connectivity index (χ0n) is 11.6. The maximum Gasteiger partial charge on any atom is 0.150 e. The van der Waals surface area contributed by atoms with E-state index in [-0.39, 0.29) is 0 Å². The molecule has 0 amide bonds. The fourth-order valence-corrected chi connectivity index (χ4v) is 4.66. The van der Waals surface area contributed by atoms with Crippen LogP contribution in [0.4, 0.5) is 0 Å². The molecule has 2 atom stereocenters. The van der Waals surface area contributed by atoms with E-state index in [0.717, 1.165) is 38.8 Å². The molecule has 0 aromatic rings. The van der Waals surface area contributed by atoms with Gasteiger partial charge in [-0.15, -0.1) is 0 Å². The molecule has 2 aliphatic rings. The molecule has 2 unspecified atom stereocenters. The number of hydrogen-bond acceptors (Lipinski definition) is 4. The molecule has 2 aliphatic heterocycles. The summed E-state index contributed by atoms with van der Waals surface area (Å²) in [6.45, 7) is 6.58. The first-order valence-electron chi connectivity index (χ1n) is 7.25. The molecular formula is C13H26N2O2S. The minimum absolute atomic E-state index is 0.384. The van der Waals surface area contributed by atoms with Gasteiger partial charge in [0, 0.05) is 31.2 Å². The summed E-state index contributed by atoms with van der Waals surface area (Å²) in [6, 6.07) is 1.64. The molecule has 0 bridgehead atoms. The lowest BCUT2D eigenvalue weighted by atomic mass is 9.99. The van der Waals surface area contributed by atoms with Crippen molar-refractivity contribution >= 4 is 9.84 Å². The van der Waals surface area contributed by atoms with Crippen molar-refractivity contribution in [3.63, 3.8) is 0 Å². The summed E-state index contributed by atoms with van der Waals surface area (Å²) >= 11 is 0. The maximum absolute atomic E-state index is 11.5. The van der Waals surface area contributed by atoms with Gasteiger partial charge in [0.05, 0.1) is 11.5 Å². The first-order chi connectivity index (χ1) is 8.55.